The second-order valence-corrected chi connectivity index (χ2v) is 5.27. The number of aliphatic hydroxyl groups excluding tert-OH is 1. The first kappa shape index (κ1) is 15.0. The first-order chi connectivity index (χ1) is 8.47. The Morgan fingerprint density at radius 1 is 1.50 bits per heavy atom. The molecule has 0 radical (unpaired) electrons. The minimum Gasteiger partial charge on any atom is -0.513 e. The zero-order valence-electron chi connectivity index (χ0n) is 11.4. The van der Waals surface area contributed by atoms with Crippen LogP contribution in [0.1, 0.15) is 33.1 Å². The zero-order chi connectivity index (χ0) is 13.5. The topological polar surface area (TPSA) is 50.7 Å². The van der Waals surface area contributed by atoms with Gasteiger partial charge in [-0.15, -0.1) is 0 Å². The summed E-state index contributed by atoms with van der Waals surface area (Å²) in [4.78, 5) is 0. The van der Waals surface area contributed by atoms with Gasteiger partial charge in [0.15, 0.2) is 5.88 Å². The van der Waals surface area contributed by atoms with E-state index in [1.807, 2.05) is 0 Å². The third-order valence-electron chi connectivity index (χ3n) is 2.79. The van der Waals surface area contributed by atoms with Crippen LogP contribution in [0.2, 0.25) is 0 Å². The lowest BCUT2D eigenvalue weighted by atomic mass is 9.79. The van der Waals surface area contributed by atoms with Crippen LogP contribution in [0.4, 0.5) is 0 Å². The Bertz CT molecular complexity index is 286. The molecule has 0 aromatic carbocycles. The van der Waals surface area contributed by atoms with Gasteiger partial charge in [0, 0.05) is 18.5 Å². The number of aliphatic hydroxyl groups is 1. The van der Waals surface area contributed by atoms with Crippen LogP contribution in [0.15, 0.2) is 24.8 Å². The molecule has 1 heterocycles. The van der Waals surface area contributed by atoms with E-state index < -0.39 is 0 Å². The summed E-state index contributed by atoms with van der Waals surface area (Å²) in [6.45, 7) is 12.2. The molecule has 5 heteroatoms. The Kier molecular flexibility index (Phi) is 6.12. The fourth-order valence-corrected chi connectivity index (χ4v) is 1.88. The maximum Gasteiger partial charge on any atom is 0.297 e. The molecule has 102 valence electrons. The first-order valence-corrected chi connectivity index (χ1v) is 6.54. The maximum atomic E-state index is 9.11. The summed E-state index contributed by atoms with van der Waals surface area (Å²) in [6.07, 6.45) is 2.51. The lowest BCUT2D eigenvalue weighted by Gasteiger charge is -2.29. The van der Waals surface area contributed by atoms with E-state index in [-0.39, 0.29) is 17.8 Å². The number of ether oxygens (including phenoxy) is 1. The molecule has 1 rings (SSSR count). The van der Waals surface area contributed by atoms with Gasteiger partial charge in [0.1, 0.15) is 0 Å². The van der Waals surface area contributed by atoms with E-state index in [0.29, 0.717) is 32.3 Å². The van der Waals surface area contributed by atoms with E-state index in [0.717, 1.165) is 12.8 Å². The van der Waals surface area contributed by atoms with Crippen molar-refractivity contribution in [3.63, 3.8) is 0 Å². The highest BCUT2D eigenvalue weighted by atomic mass is 16.5. The van der Waals surface area contributed by atoms with Crippen LogP contribution in [0, 0.1) is 5.92 Å². The van der Waals surface area contributed by atoms with Gasteiger partial charge in [-0.1, -0.05) is 20.4 Å². The van der Waals surface area contributed by atoms with Crippen molar-refractivity contribution < 1.29 is 14.5 Å². The molecule has 0 amide bonds. The van der Waals surface area contributed by atoms with Gasteiger partial charge in [-0.2, -0.15) is 0 Å². The van der Waals surface area contributed by atoms with Crippen LogP contribution in [0.25, 0.3) is 0 Å². The van der Waals surface area contributed by atoms with Crippen LogP contribution < -0.4 is 5.32 Å². The molecule has 1 saturated heterocycles. The van der Waals surface area contributed by atoms with Crippen molar-refractivity contribution in [1.82, 2.24) is 5.32 Å². The summed E-state index contributed by atoms with van der Waals surface area (Å²) in [5.74, 6) is 1.54. The molecule has 0 bridgehead atoms. The Hall–Kier alpha value is -1.10. The maximum absolute atomic E-state index is 9.11. The Balaban J connectivity index is 2.18. The van der Waals surface area contributed by atoms with Crippen molar-refractivity contribution in [3.8, 4) is 0 Å². The van der Waals surface area contributed by atoms with Gasteiger partial charge >= 0.3 is 0 Å². The number of nitrogens with one attached hydrogen (secondary N) is 1. The second kappa shape index (κ2) is 7.36. The van der Waals surface area contributed by atoms with Crippen molar-refractivity contribution in [3.05, 3.63) is 24.8 Å². The molecule has 2 unspecified atom stereocenters. The van der Waals surface area contributed by atoms with E-state index >= 15 is 0 Å². The van der Waals surface area contributed by atoms with Crippen LogP contribution in [0.3, 0.4) is 0 Å². The van der Waals surface area contributed by atoms with Crippen LogP contribution in [0.5, 0.6) is 0 Å². The minimum absolute atomic E-state index is 0.0883. The van der Waals surface area contributed by atoms with Crippen LogP contribution in [-0.2, 0) is 9.39 Å². The normalized spacial score (nSPS) is 23.3. The van der Waals surface area contributed by atoms with Gasteiger partial charge in [0.05, 0.1) is 12.4 Å². The molecule has 0 aliphatic carbocycles. The molecule has 4 nitrogen and oxygen atoms in total. The lowest BCUT2D eigenvalue weighted by Crippen LogP contribution is -2.42. The van der Waals surface area contributed by atoms with Crippen molar-refractivity contribution >= 4 is 7.48 Å². The highest BCUT2D eigenvalue weighted by Gasteiger charge is 2.24. The van der Waals surface area contributed by atoms with Crippen molar-refractivity contribution in [2.45, 2.75) is 45.2 Å². The van der Waals surface area contributed by atoms with E-state index in [1.54, 1.807) is 0 Å². The summed E-state index contributed by atoms with van der Waals surface area (Å²) in [7, 11) is 0.613. The zero-order valence-corrected chi connectivity index (χ0v) is 11.4. The Morgan fingerprint density at radius 3 is 2.72 bits per heavy atom. The quantitative estimate of drug-likeness (QED) is 0.538. The molecule has 1 aliphatic heterocycles. The molecule has 0 aromatic heterocycles. The summed E-state index contributed by atoms with van der Waals surface area (Å²) in [5, 5.41) is 12.3. The molecule has 2 N–H and O–H groups in total. The van der Waals surface area contributed by atoms with Gasteiger partial charge in [-0.25, -0.2) is 0 Å². The summed E-state index contributed by atoms with van der Waals surface area (Å²) in [5.41, 5.74) is 0. The molecule has 0 aromatic rings. The molecule has 0 saturated carbocycles. The molecular weight excluding hydrogens is 229 g/mol. The second-order valence-electron chi connectivity index (χ2n) is 5.27. The van der Waals surface area contributed by atoms with Crippen LogP contribution in [-0.4, -0.2) is 31.2 Å². The summed E-state index contributed by atoms with van der Waals surface area (Å²) >= 11 is 0. The monoisotopic (exact) mass is 253 g/mol. The number of hydrogen-bond donors (Lipinski definition) is 2. The average Bonchev–Trinajstić information content (AvgIpc) is 2.28. The van der Waals surface area contributed by atoms with E-state index in [2.05, 4.69) is 32.3 Å². The number of hydrogen-bond acceptors (Lipinski definition) is 4. The minimum atomic E-state index is 0.0883. The van der Waals surface area contributed by atoms with E-state index in [4.69, 9.17) is 14.5 Å². The Morgan fingerprint density at radius 2 is 2.22 bits per heavy atom. The Labute approximate surface area is 110 Å². The van der Waals surface area contributed by atoms with Crippen molar-refractivity contribution in [1.29, 1.82) is 0 Å². The first-order valence-electron chi connectivity index (χ1n) is 6.54. The molecule has 18 heavy (non-hydrogen) atoms. The average molecular weight is 253 g/mol. The van der Waals surface area contributed by atoms with Crippen molar-refractivity contribution in [2.24, 2.45) is 5.92 Å². The molecule has 0 spiro atoms. The van der Waals surface area contributed by atoms with Gasteiger partial charge in [0.25, 0.3) is 7.48 Å². The van der Waals surface area contributed by atoms with Gasteiger partial charge < -0.3 is 19.8 Å². The molecule has 1 aliphatic rings. The van der Waals surface area contributed by atoms with E-state index in [9.17, 15) is 0 Å². The fourth-order valence-electron chi connectivity index (χ4n) is 1.88. The van der Waals surface area contributed by atoms with Gasteiger partial charge in [0.2, 0.25) is 0 Å². The fraction of sp³-hybridized carbons (Fsp3) is 0.692. The lowest BCUT2D eigenvalue weighted by molar-refractivity contribution is 0.134. The molecule has 2 atom stereocenters. The highest BCUT2D eigenvalue weighted by molar-refractivity contribution is 6.30. The number of rotatable bonds is 7. The molecule has 1 fully saturated rings. The molecular formula is C13H24BNO3. The standard InChI is InChI=1S/C13H24BNO3/c1-9(2)8-17-11(4)15-13-6-5-12(18-14-13)7-10(3)16/h9,12-16H,3-8H2,1-2H3. The SMILES string of the molecule is C=C(O)CC1CCC(NC(=C)OCC(C)C)BO1. The third kappa shape index (κ3) is 6.01. The predicted molar refractivity (Wildman–Crippen MR) is 74.5 cm³/mol. The van der Waals surface area contributed by atoms with Gasteiger partial charge in [-0.3, -0.25) is 0 Å². The van der Waals surface area contributed by atoms with Crippen molar-refractivity contribution in [2.75, 3.05) is 6.61 Å². The predicted octanol–water partition coefficient (Wildman–Crippen LogP) is 2.04. The summed E-state index contributed by atoms with van der Waals surface area (Å²) < 4.78 is 11.1. The van der Waals surface area contributed by atoms with E-state index in [1.165, 1.54) is 0 Å². The van der Waals surface area contributed by atoms with Crippen LogP contribution >= 0.6 is 0 Å². The smallest absolute Gasteiger partial charge is 0.297 e. The van der Waals surface area contributed by atoms with Gasteiger partial charge in [-0.05, 0) is 25.3 Å². The largest absolute Gasteiger partial charge is 0.513 e. The summed E-state index contributed by atoms with van der Waals surface area (Å²) in [6, 6.07) is 0. The highest BCUT2D eigenvalue weighted by Crippen LogP contribution is 2.17. The third-order valence-corrected chi connectivity index (χ3v) is 2.79.